The van der Waals surface area contributed by atoms with Gasteiger partial charge < -0.3 is 2.85 Å². The molecule has 138 valence electrons. The molecule has 1 aromatic carbocycles. The number of aryl methyl sites for hydroxylation is 1. The van der Waals surface area contributed by atoms with Gasteiger partial charge in [0.2, 0.25) is 0 Å². The third-order valence-electron chi connectivity index (χ3n) is 3.66. The molecular formula is C18H34CaO4S. The molecule has 1 rings (SSSR count). The Morgan fingerprint density at radius 3 is 1.58 bits per heavy atom. The molecule has 0 aliphatic rings. The van der Waals surface area contributed by atoms with Crippen LogP contribution < -0.4 is 0 Å². The molecule has 0 atom stereocenters. The van der Waals surface area contributed by atoms with Crippen molar-refractivity contribution in [2.45, 2.75) is 77.6 Å². The van der Waals surface area contributed by atoms with E-state index in [1.165, 1.54) is 76.2 Å². The average Bonchev–Trinajstić information content (AvgIpc) is 2.48. The molecular weight excluding hydrogens is 352 g/mol. The smallest absolute Gasteiger partial charge is 1.00 e. The van der Waals surface area contributed by atoms with Gasteiger partial charge in [-0.1, -0.05) is 95.0 Å². The summed E-state index contributed by atoms with van der Waals surface area (Å²) in [5.41, 5.74) is 1.50. The molecule has 4 nitrogen and oxygen atoms in total. The van der Waals surface area contributed by atoms with Gasteiger partial charge in [-0.05, 0) is 18.4 Å². The van der Waals surface area contributed by atoms with Crippen LogP contribution in [0.3, 0.4) is 0 Å². The molecule has 0 saturated heterocycles. The fourth-order valence-corrected chi connectivity index (χ4v) is 2.46. The number of unbranched alkanes of at least 4 members (excludes halogenated alkanes) is 9. The molecule has 6 heteroatoms. The second-order valence-electron chi connectivity index (χ2n) is 5.87. The Balaban J connectivity index is -0.000000268. The van der Waals surface area contributed by atoms with Gasteiger partial charge in [0.1, 0.15) is 0 Å². The van der Waals surface area contributed by atoms with Crippen LogP contribution in [0.25, 0.3) is 0 Å². The third-order valence-corrected chi connectivity index (χ3v) is 3.66. The topological polar surface area (TPSA) is 74.6 Å². The summed E-state index contributed by atoms with van der Waals surface area (Å²) < 4.78 is 31.6. The van der Waals surface area contributed by atoms with Crippen LogP contribution in [0.1, 0.15) is 79.5 Å². The number of hydrogen-bond donors (Lipinski definition) is 2. The van der Waals surface area contributed by atoms with Gasteiger partial charge in [0.05, 0.1) is 0 Å². The summed E-state index contributed by atoms with van der Waals surface area (Å²) in [6, 6.07) is 10.9. The van der Waals surface area contributed by atoms with Gasteiger partial charge in [-0.3, -0.25) is 9.11 Å². The molecule has 0 aliphatic carbocycles. The SMILES string of the molecule is CCCCCCCCCCCCc1ccccc1.O=S(=O)(O)O.[Ca+2].[H-].[H-]. The Morgan fingerprint density at radius 1 is 0.792 bits per heavy atom. The molecule has 0 aromatic heterocycles. The molecule has 0 amide bonds. The second-order valence-corrected chi connectivity index (χ2v) is 6.76. The van der Waals surface area contributed by atoms with Crippen molar-refractivity contribution < 1.29 is 20.4 Å². The molecule has 0 radical (unpaired) electrons. The minimum absolute atomic E-state index is 0. The van der Waals surface area contributed by atoms with E-state index >= 15 is 0 Å². The molecule has 1 aromatic rings. The summed E-state index contributed by atoms with van der Waals surface area (Å²) in [5.74, 6) is 0. The number of hydrogen-bond acceptors (Lipinski definition) is 2. The molecule has 0 fully saturated rings. The van der Waals surface area contributed by atoms with Gasteiger partial charge in [-0.15, -0.1) is 0 Å². The standard InChI is InChI=1S/C18H30.Ca.H2O4S.2H/c1-2-3-4-5-6-7-8-9-10-12-15-18-16-13-11-14-17-18;;1-5(2,3)4;;/h11,13-14,16-17H,2-10,12,15H2,1H3;;(H2,1,2,3,4);;/q;+2;;2*-1. The molecule has 0 saturated carbocycles. The number of benzene rings is 1. The number of rotatable bonds is 11. The van der Waals surface area contributed by atoms with Crippen molar-refractivity contribution in [1.29, 1.82) is 0 Å². The largest absolute Gasteiger partial charge is 2.00 e. The quantitative estimate of drug-likeness (QED) is 0.306. The van der Waals surface area contributed by atoms with Crippen LogP contribution in [0, 0.1) is 0 Å². The van der Waals surface area contributed by atoms with E-state index in [1.54, 1.807) is 0 Å². The predicted octanol–water partition coefficient (Wildman–Crippen LogP) is 5.34. The molecule has 0 unspecified atom stereocenters. The maximum Gasteiger partial charge on any atom is 2.00 e. The summed E-state index contributed by atoms with van der Waals surface area (Å²) in [5, 5.41) is 0. The Morgan fingerprint density at radius 2 is 1.17 bits per heavy atom. The fraction of sp³-hybridized carbons (Fsp3) is 0.667. The van der Waals surface area contributed by atoms with Crippen LogP contribution >= 0.6 is 0 Å². The third kappa shape index (κ3) is 24.6. The van der Waals surface area contributed by atoms with Crippen LogP contribution in [0.2, 0.25) is 0 Å². The first kappa shape index (κ1) is 26.6. The van der Waals surface area contributed by atoms with Gasteiger partial charge in [0.15, 0.2) is 0 Å². The van der Waals surface area contributed by atoms with Crippen molar-refractivity contribution in [2.75, 3.05) is 0 Å². The van der Waals surface area contributed by atoms with E-state index < -0.39 is 10.4 Å². The first-order chi connectivity index (χ1) is 10.9. The zero-order valence-electron chi connectivity index (χ0n) is 17.0. The molecule has 0 spiro atoms. The van der Waals surface area contributed by atoms with E-state index in [2.05, 4.69) is 37.3 Å². The van der Waals surface area contributed by atoms with Gasteiger partial charge in [-0.2, -0.15) is 8.42 Å². The molecule has 0 heterocycles. The second kappa shape index (κ2) is 18.2. The summed E-state index contributed by atoms with van der Waals surface area (Å²) in [7, 11) is -4.67. The maximum atomic E-state index is 8.74. The average molecular weight is 387 g/mol. The zero-order chi connectivity index (χ0) is 17.4. The Labute approximate surface area is 181 Å². The summed E-state index contributed by atoms with van der Waals surface area (Å²) in [6.07, 6.45) is 15.5. The fourth-order valence-electron chi connectivity index (χ4n) is 2.46. The normalized spacial score (nSPS) is 10.5. The zero-order valence-corrected chi connectivity index (χ0v) is 18.0. The summed E-state index contributed by atoms with van der Waals surface area (Å²) in [6.45, 7) is 2.28. The van der Waals surface area contributed by atoms with E-state index in [9.17, 15) is 0 Å². The van der Waals surface area contributed by atoms with Crippen molar-refractivity contribution in [3.05, 3.63) is 35.9 Å². The van der Waals surface area contributed by atoms with Crippen molar-refractivity contribution >= 4 is 48.1 Å². The van der Waals surface area contributed by atoms with Crippen LogP contribution in [0.5, 0.6) is 0 Å². The Bertz CT molecular complexity index is 465. The van der Waals surface area contributed by atoms with Gasteiger partial charge in [0, 0.05) is 0 Å². The van der Waals surface area contributed by atoms with E-state index in [4.69, 9.17) is 17.5 Å². The van der Waals surface area contributed by atoms with Crippen molar-refractivity contribution in [3.63, 3.8) is 0 Å². The van der Waals surface area contributed by atoms with Crippen molar-refractivity contribution in [2.24, 2.45) is 0 Å². The van der Waals surface area contributed by atoms with Gasteiger partial charge >= 0.3 is 48.1 Å². The molecule has 2 N–H and O–H groups in total. The van der Waals surface area contributed by atoms with E-state index in [1.807, 2.05) is 0 Å². The maximum absolute atomic E-state index is 8.74. The van der Waals surface area contributed by atoms with Gasteiger partial charge in [0.25, 0.3) is 0 Å². The van der Waals surface area contributed by atoms with Crippen LogP contribution in [-0.4, -0.2) is 55.3 Å². The van der Waals surface area contributed by atoms with Gasteiger partial charge in [-0.25, -0.2) is 0 Å². The summed E-state index contributed by atoms with van der Waals surface area (Å²) in [4.78, 5) is 0. The van der Waals surface area contributed by atoms with Crippen LogP contribution in [-0.2, 0) is 16.8 Å². The first-order valence-corrected chi connectivity index (χ1v) is 10.1. The monoisotopic (exact) mass is 386 g/mol. The van der Waals surface area contributed by atoms with Crippen LogP contribution in [0.4, 0.5) is 0 Å². The first-order valence-electron chi connectivity index (χ1n) is 8.67. The molecule has 24 heavy (non-hydrogen) atoms. The molecule has 0 aliphatic heterocycles. The minimum Gasteiger partial charge on any atom is -1.00 e. The van der Waals surface area contributed by atoms with E-state index in [-0.39, 0.29) is 40.6 Å². The molecule has 0 bridgehead atoms. The Kier molecular flexibility index (Phi) is 20.1. The minimum atomic E-state index is -4.67. The summed E-state index contributed by atoms with van der Waals surface area (Å²) >= 11 is 0. The van der Waals surface area contributed by atoms with E-state index in [0.717, 1.165) is 0 Å². The van der Waals surface area contributed by atoms with Crippen LogP contribution in [0.15, 0.2) is 30.3 Å². The van der Waals surface area contributed by atoms with Crippen molar-refractivity contribution in [3.8, 4) is 0 Å². The van der Waals surface area contributed by atoms with E-state index in [0.29, 0.717) is 0 Å². The Hall–Kier alpha value is 0.350. The predicted molar refractivity (Wildman–Crippen MR) is 104 cm³/mol. The van der Waals surface area contributed by atoms with Crippen molar-refractivity contribution in [1.82, 2.24) is 0 Å².